The fraction of sp³-hybridized carbons (Fsp3) is 0.0833. The molecule has 2 aromatic carbocycles. The van der Waals surface area contributed by atoms with Crippen LogP contribution in [0.1, 0.15) is 27.3 Å². The Balaban J connectivity index is 1.76. The van der Waals surface area contributed by atoms with E-state index in [2.05, 4.69) is 21.2 Å². The highest BCUT2D eigenvalue weighted by Crippen LogP contribution is 2.27. The van der Waals surface area contributed by atoms with Gasteiger partial charge in [-0.05, 0) is 86.2 Å². The van der Waals surface area contributed by atoms with E-state index < -0.39 is 17.8 Å². The zero-order valence-corrected chi connectivity index (χ0v) is 20.0. The molecule has 0 unspecified atom stereocenters. The number of aryl methyl sites for hydroxylation is 1. The van der Waals surface area contributed by atoms with Gasteiger partial charge in [0.1, 0.15) is 5.57 Å². The first-order valence-electron chi connectivity index (χ1n) is 9.87. The van der Waals surface area contributed by atoms with Gasteiger partial charge in [0, 0.05) is 21.5 Å². The third-order valence-electron chi connectivity index (χ3n) is 5.31. The molecule has 0 aliphatic carbocycles. The van der Waals surface area contributed by atoms with Crippen LogP contribution in [0.4, 0.5) is 5.69 Å². The Kier molecular flexibility index (Phi) is 6.01. The molecule has 3 aromatic rings. The molecular weight excluding hydrogens is 506 g/mol. The highest BCUT2D eigenvalue weighted by Gasteiger charge is 2.35. The molecule has 2 N–H and O–H groups in total. The fourth-order valence-electron chi connectivity index (χ4n) is 3.75. The summed E-state index contributed by atoms with van der Waals surface area (Å²) >= 11 is 8.64. The number of aromatic nitrogens is 1. The lowest BCUT2D eigenvalue weighted by atomic mass is 10.1. The zero-order chi connectivity index (χ0) is 23.9. The van der Waals surface area contributed by atoms with E-state index in [1.165, 1.54) is 24.3 Å². The van der Waals surface area contributed by atoms with Gasteiger partial charge in [0.2, 0.25) is 0 Å². The third kappa shape index (κ3) is 4.24. The number of anilines is 1. The van der Waals surface area contributed by atoms with Crippen molar-refractivity contribution in [1.82, 2.24) is 9.88 Å². The van der Waals surface area contributed by atoms with Gasteiger partial charge >= 0.3 is 5.97 Å². The van der Waals surface area contributed by atoms with Crippen molar-refractivity contribution in [3.05, 3.63) is 87.2 Å². The van der Waals surface area contributed by atoms with Crippen molar-refractivity contribution < 1.29 is 19.5 Å². The number of aromatic carboxylic acids is 1. The van der Waals surface area contributed by atoms with Crippen LogP contribution in [-0.2, 0) is 9.59 Å². The van der Waals surface area contributed by atoms with E-state index in [9.17, 15) is 19.5 Å². The SMILES string of the molecule is Cc1cc(C=C2C(=O)NC(=S)N(c3cccc(C(=O)O)c3)C2=O)c(C)n1-c1ccc(Br)cc1. The predicted molar refractivity (Wildman–Crippen MR) is 133 cm³/mol. The average molecular weight is 524 g/mol. The van der Waals surface area contributed by atoms with Gasteiger partial charge in [-0.2, -0.15) is 0 Å². The second kappa shape index (κ2) is 8.76. The summed E-state index contributed by atoms with van der Waals surface area (Å²) in [6.45, 7) is 3.85. The van der Waals surface area contributed by atoms with Gasteiger partial charge in [-0.3, -0.25) is 19.8 Å². The lowest BCUT2D eigenvalue weighted by molar-refractivity contribution is -0.122. The van der Waals surface area contributed by atoms with Gasteiger partial charge < -0.3 is 9.67 Å². The van der Waals surface area contributed by atoms with Crippen molar-refractivity contribution in [1.29, 1.82) is 0 Å². The van der Waals surface area contributed by atoms with Gasteiger partial charge in [0.15, 0.2) is 5.11 Å². The Morgan fingerprint density at radius 3 is 2.42 bits per heavy atom. The number of nitrogens with one attached hydrogen (secondary N) is 1. The molecule has 9 heteroatoms. The summed E-state index contributed by atoms with van der Waals surface area (Å²) in [5.41, 5.74) is 3.62. The molecule has 33 heavy (non-hydrogen) atoms. The first kappa shape index (κ1) is 22.6. The minimum Gasteiger partial charge on any atom is -0.478 e. The number of hydrogen-bond donors (Lipinski definition) is 2. The quantitative estimate of drug-likeness (QED) is 0.300. The lowest BCUT2D eigenvalue weighted by Gasteiger charge is -2.29. The van der Waals surface area contributed by atoms with Crippen molar-refractivity contribution in [2.75, 3.05) is 4.90 Å². The summed E-state index contributed by atoms with van der Waals surface area (Å²) in [4.78, 5) is 38.4. The molecule has 1 aliphatic heterocycles. The van der Waals surface area contributed by atoms with Gasteiger partial charge in [0.05, 0.1) is 11.3 Å². The molecule has 2 amide bonds. The Morgan fingerprint density at radius 1 is 1.06 bits per heavy atom. The monoisotopic (exact) mass is 523 g/mol. The second-order valence-corrected chi connectivity index (χ2v) is 8.75. The number of rotatable bonds is 4. The van der Waals surface area contributed by atoms with Crippen molar-refractivity contribution in [2.45, 2.75) is 13.8 Å². The summed E-state index contributed by atoms with van der Waals surface area (Å²) in [7, 11) is 0. The summed E-state index contributed by atoms with van der Waals surface area (Å²) in [5, 5.41) is 11.7. The van der Waals surface area contributed by atoms with Crippen LogP contribution in [0.2, 0.25) is 0 Å². The maximum Gasteiger partial charge on any atom is 0.335 e. The van der Waals surface area contributed by atoms with E-state index in [0.717, 1.165) is 26.4 Å². The average Bonchev–Trinajstić information content (AvgIpc) is 3.05. The highest BCUT2D eigenvalue weighted by molar-refractivity contribution is 9.10. The number of halogens is 1. The number of nitrogens with zero attached hydrogens (tertiary/aromatic N) is 2. The maximum atomic E-state index is 13.3. The molecule has 1 aromatic heterocycles. The molecule has 0 atom stereocenters. The van der Waals surface area contributed by atoms with E-state index in [0.29, 0.717) is 5.56 Å². The van der Waals surface area contributed by atoms with E-state index in [1.807, 2.05) is 48.7 Å². The minimum absolute atomic E-state index is 0.00331. The van der Waals surface area contributed by atoms with Gasteiger partial charge in [-0.25, -0.2) is 4.79 Å². The normalized spacial score (nSPS) is 15.2. The van der Waals surface area contributed by atoms with Gasteiger partial charge in [0.25, 0.3) is 11.8 Å². The largest absolute Gasteiger partial charge is 0.478 e. The number of carboxylic acid groups (broad SMARTS) is 1. The molecule has 7 nitrogen and oxygen atoms in total. The molecular formula is C24H18BrN3O4S. The lowest BCUT2D eigenvalue weighted by Crippen LogP contribution is -2.54. The van der Waals surface area contributed by atoms with Crippen LogP contribution in [0.3, 0.4) is 0 Å². The van der Waals surface area contributed by atoms with Crippen LogP contribution < -0.4 is 10.2 Å². The third-order valence-corrected chi connectivity index (χ3v) is 6.12. The van der Waals surface area contributed by atoms with Crippen LogP contribution in [0.15, 0.2) is 64.6 Å². The number of carboxylic acids is 1. The van der Waals surface area contributed by atoms with Crippen LogP contribution in [0.25, 0.3) is 11.8 Å². The van der Waals surface area contributed by atoms with Crippen molar-refractivity contribution in [3.63, 3.8) is 0 Å². The van der Waals surface area contributed by atoms with Gasteiger partial charge in [-0.15, -0.1) is 0 Å². The second-order valence-electron chi connectivity index (χ2n) is 7.45. The first-order valence-corrected chi connectivity index (χ1v) is 11.1. The van der Waals surface area contributed by atoms with Crippen LogP contribution >= 0.6 is 28.1 Å². The Bertz CT molecular complexity index is 1360. The number of hydrogen-bond acceptors (Lipinski definition) is 4. The number of carbonyl (C=O) groups excluding carboxylic acids is 2. The summed E-state index contributed by atoms with van der Waals surface area (Å²) in [5.74, 6) is -2.36. The molecule has 2 heterocycles. The van der Waals surface area contributed by atoms with E-state index in [1.54, 1.807) is 6.07 Å². The number of amides is 2. The van der Waals surface area contributed by atoms with Crippen LogP contribution in [0.5, 0.6) is 0 Å². The molecule has 4 rings (SSSR count). The maximum absolute atomic E-state index is 13.3. The van der Waals surface area contributed by atoms with Crippen LogP contribution in [-0.4, -0.2) is 32.6 Å². The van der Waals surface area contributed by atoms with Gasteiger partial charge in [-0.1, -0.05) is 22.0 Å². The number of carbonyl (C=O) groups is 3. The molecule has 0 radical (unpaired) electrons. The number of thiocarbonyl (C=S) groups is 1. The molecule has 0 bridgehead atoms. The summed E-state index contributed by atoms with van der Waals surface area (Å²) in [6.07, 6.45) is 1.53. The molecule has 166 valence electrons. The molecule has 1 saturated heterocycles. The fourth-order valence-corrected chi connectivity index (χ4v) is 4.29. The summed E-state index contributed by atoms with van der Waals surface area (Å²) < 4.78 is 2.99. The zero-order valence-electron chi connectivity index (χ0n) is 17.6. The van der Waals surface area contributed by atoms with E-state index >= 15 is 0 Å². The van der Waals surface area contributed by atoms with E-state index in [-0.39, 0.29) is 21.9 Å². The smallest absolute Gasteiger partial charge is 0.335 e. The van der Waals surface area contributed by atoms with E-state index in [4.69, 9.17) is 12.2 Å². The predicted octanol–water partition coefficient (Wildman–Crippen LogP) is 4.39. The topological polar surface area (TPSA) is 91.6 Å². The minimum atomic E-state index is -1.13. The Hall–Kier alpha value is -3.56. The van der Waals surface area contributed by atoms with Crippen molar-refractivity contribution in [3.8, 4) is 5.69 Å². The Labute approximate surface area is 203 Å². The Morgan fingerprint density at radius 2 is 1.76 bits per heavy atom. The molecule has 0 saturated carbocycles. The first-order chi connectivity index (χ1) is 15.7. The van der Waals surface area contributed by atoms with Crippen molar-refractivity contribution >= 4 is 62.8 Å². The van der Waals surface area contributed by atoms with Crippen molar-refractivity contribution in [2.24, 2.45) is 0 Å². The molecule has 0 spiro atoms. The standard InChI is InChI=1S/C24H18BrN3O4S/c1-13-10-16(14(2)27(13)18-8-6-17(25)7-9-18)12-20-21(29)26-24(33)28(22(20)30)19-5-3-4-15(11-19)23(31)32/h3-12H,1-2H3,(H,31,32)(H,26,29,33). The van der Waals surface area contributed by atoms with Crippen LogP contribution in [0, 0.1) is 13.8 Å². The highest BCUT2D eigenvalue weighted by atomic mass is 79.9. The summed E-state index contributed by atoms with van der Waals surface area (Å²) in [6, 6.07) is 15.5. The molecule has 1 fully saturated rings. The molecule has 1 aliphatic rings. The number of benzene rings is 2.